The van der Waals surface area contributed by atoms with Gasteiger partial charge in [-0.3, -0.25) is 0 Å². The van der Waals surface area contributed by atoms with Crippen LogP contribution in [0.2, 0.25) is 5.22 Å². The first-order chi connectivity index (χ1) is 5.97. The summed E-state index contributed by atoms with van der Waals surface area (Å²) in [6.45, 7) is -1.33. The maximum absolute atomic E-state index is 12.8. The van der Waals surface area contributed by atoms with Gasteiger partial charge in [-0.05, 0) is 23.7 Å². The summed E-state index contributed by atoms with van der Waals surface area (Å²) < 4.78 is 30.2. The van der Waals surface area contributed by atoms with Gasteiger partial charge in [0.05, 0.1) is 0 Å². The fourth-order valence-electron chi connectivity index (χ4n) is 0.802. The van der Waals surface area contributed by atoms with Crippen molar-refractivity contribution in [2.75, 3.05) is 6.61 Å². The predicted octanol–water partition coefficient (Wildman–Crippen LogP) is 1.98. The smallest absolute Gasteiger partial charge is 0.292 e. The van der Waals surface area contributed by atoms with E-state index in [0.717, 1.165) is 0 Å². The zero-order chi connectivity index (χ0) is 10.1. The molecule has 0 saturated heterocycles. The van der Waals surface area contributed by atoms with Crippen LogP contribution in [0.15, 0.2) is 16.5 Å². The Labute approximate surface area is 90.2 Å². The fourth-order valence-corrected chi connectivity index (χ4v) is 0.954. The first kappa shape index (κ1) is 13.6. The molecule has 1 heterocycles. The summed E-state index contributed by atoms with van der Waals surface area (Å²) in [5.41, 5.74) is 5.13. The van der Waals surface area contributed by atoms with Crippen LogP contribution in [0.4, 0.5) is 8.78 Å². The third kappa shape index (κ3) is 2.81. The van der Waals surface area contributed by atoms with Crippen molar-refractivity contribution >= 4 is 24.0 Å². The molecule has 1 aromatic rings. The van der Waals surface area contributed by atoms with E-state index in [2.05, 4.69) is 4.42 Å². The second kappa shape index (κ2) is 4.93. The molecule has 0 saturated carbocycles. The van der Waals surface area contributed by atoms with Gasteiger partial charge >= 0.3 is 0 Å². The maximum atomic E-state index is 12.8. The topological polar surface area (TPSA) is 59.4 Å². The number of rotatable bonds is 3. The molecule has 0 spiro atoms. The molecule has 0 radical (unpaired) electrons. The van der Waals surface area contributed by atoms with Gasteiger partial charge in [0.2, 0.25) is 0 Å². The summed E-state index contributed by atoms with van der Waals surface area (Å²) in [5.74, 6) is -3.55. The highest BCUT2D eigenvalue weighted by atomic mass is 35.5. The molecule has 0 fully saturated rings. The lowest BCUT2D eigenvalue weighted by molar-refractivity contribution is -0.0754. The molecule has 0 aromatic carbocycles. The van der Waals surface area contributed by atoms with E-state index in [1.165, 1.54) is 12.1 Å². The van der Waals surface area contributed by atoms with Crippen LogP contribution in [0, 0.1) is 0 Å². The first-order valence-electron chi connectivity index (χ1n) is 3.47. The molecule has 14 heavy (non-hydrogen) atoms. The lowest BCUT2D eigenvalue weighted by atomic mass is 10.1. The first-order valence-corrected chi connectivity index (χ1v) is 3.84. The van der Waals surface area contributed by atoms with Crippen LogP contribution < -0.4 is 5.73 Å². The number of alkyl halides is 2. The normalized spacial score (nSPS) is 13.5. The van der Waals surface area contributed by atoms with Crippen molar-refractivity contribution < 1.29 is 18.3 Å². The Morgan fingerprint density at radius 3 is 2.50 bits per heavy atom. The van der Waals surface area contributed by atoms with Gasteiger partial charge in [-0.2, -0.15) is 0 Å². The summed E-state index contributed by atoms with van der Waals surface area (Å²) in [4.78, 5) is 0. The zero-order valence-electron chi connectivity index (χ0n) is 6.91. The molecule has 0 aliphatic rings. The van der Waals surface area contributed by atoms with Crippen LogP contribution in [0.1, 0.15) is 11.8 Å². The Hall–Kier alpha value is -0.360. The largest absolute Gasteiger partial charge is 0.448 e. The number of hydrogen-bond acceptors (Lipinski definition) is 3. The summed E-state index contributed by atoms with van der Waals surface area (Å²) >= 11 is 5.37. The van der Waals surface area contributed by atoms with Crippen LogP contribution in [-0.4, -0.2) is 17.6 Å². The Morgan fingerprint density at radius 1 is 1.57 bits per heavy atom. The number of hydrogen-bond donors (Lipinski definition) is 2. The van der Waals surface area contributed by atoms with E-state index in [-0.39, 0.29) is 23.4 Å². The second-order valence-electron chi connectivity index (χ2n) is 2.54. The molecule has 82 valence electrons. The van der Waals surface area contributed by atoms with E-state index in [1.54, 1.807) is 0 Å². The molecule has 0 bridgehead atoms. The van der Waals surface area contributed by atoms with Gasteiger partial charge in [0.25, 0.3) is 5.92 Å². The minimum Gasteiger partial charge on any atom is -0.448 e. The number of nitrogens with two attached hydrogens (primary N) is 1. The van der Waals surface area contributed by atoms with E-state index >= 15 is 0 Å². The number of aliphatic hydroxyl groups excluding tert-OH is 1. The van der Waals surface area contributed by atoms with Crippen molar-refractivity contribution in [1.29, 1.82) is 0 Å². The van der Waals surface area contributed by atoms with Crippen LogP contribution >= 0.6 is 24.0 Å². The molecular formula is C7H9Cl2F2NO2. The molecule has 1 aromatic heterocycles. The zero-order valence-corrected chi connectivity index (χ0v) is 8.49. The molecule has 7 heteroatoms. The van der Waals surface area contributed by atoms with Crippen molar-refractivity contribution in [2.24, 2.45) is 5.73 Å². The third-order valence-electron chi connectivity index (χ3n) is 1.57. The quantitative estimate of drug-likeness (QED) is 0.859. The molecular weight excluding hydrogens is 239 g/mol. The third-order valence-corrected chi connectivity index (χ3v) is 1.77. The highest BCUT2D eigenvalue weighted by Crippen LogP contribution is 2.30. The van der Waals surface area contributed by atoms with Gasteiger partial charge in [0, 0.05) is 0 Å². The lowest BCUT2D eigenvalue weighted by Crippen LogP contribution is -2.35. The monoisotopic (exact) mass is 247 g/mol. The van der Waals surface area contributed by atoms with Crippen LogP contribution in [0.3, 0.4) is 0 Å². The highest BCUT2D eigenvalue weighted by molar-refractivity contribution is 6.28. The molecule has 0 unspecified atom stereocenters. The molecule has 3 N–H and O–H groups in total. The molecule has 1 atom stereocenters. The van der Waals surface area contributed by atoms with Crippen LogP contribution in [0.5, 0.6) is 0 Å². The SMILES string of the molecule is Cl.N[C@@H](c1ccc(Cl)o1)C(F)(F)CO. The van der Waals surface area contributed by atoms with Gasteiger partial charge in [-0.25, -0.2) is 8.78 Å². The molecule has 0 aliphatic heterocycles. The van der Waals surface area contributed by atoms with Gasteiger partial charge in [-0.15, -0.1) is 12.4 Å². The van der Waals surface area contributed by atoms with E-state index in [4.69, 9.17) is 22.4 Å². The summed E-state index contributed by atoms with van der Waals surface area (Å²) in [6, 6.07) is 0.880. The Bertz CT molecular complexity index is 293. The lowest BCUT2D eigenvalue weighted by Gasteiger charge is -2.18. The van der Waals surface area contributed by atoms with E-state index < -0.39 is 18.6 Å². The summed E-state index contributed by atoms with van der Waals surface area (Å²) in [6.07, 6.45) is 0. The predicted molar refractivity (Wildman–Crippen MR) is 49.9 cm³/mol. The summed E-state index contributed by atoms with van der Waals surface area (Å²) in [5, 5.41) is 8.31. The average molecular weight is 248 g/mol. The second-order valence-corrected chi connectivity index (χ2v) is 2.91. The molecule has 1 rings (SSSR count). The van der Waals surface area contributed by atoms with Gasteiger partial charge in [0.15, 0.2) is 5.22 Å². The van der Waals surface area contributed by atoms with E-state index in [1.807, 2.05) is 0 Å². The van der Waals surface area contributed by atoms with Gasteiger partial charge in [-0.1, -0.05) is 0 Å². The molecule has 0 aliphatic carbocycles. The van der Waals surface area contributed by atoms with Crippen molar-refractivity contribution in [1.82, 2.24) is 0 Å². The van der Waals surface area contributed by atoms with Crippen molar-refractivity contribution in [3.8, 4) is 0 Å². The average Bonchev–Trinajstić information content (AvgIpc) is 2.50. The van der Waals surface area contributed by atoms with Crippen molar-refractivity contribution in [2.45, 2.75) is 12.0 Å². The van der Waals surface area contributed by atoms with Crippen LogP contribution in [0.25, 0.3) is 0 Å². The van der Waals surface area contributed by atoms with Gasteiger partial charge in [0.1, 0.15) is 18.4 Å². The number of aliphatic hydroxyl groups is 1. The van der Waals surface area contributed by atoms with E-state index in [0.29, 0.717) is 0 Å². The van der Waals surface area contributed by atoms with Crippen LogP contribution in [-0.2, 0) is 0 Å². The molecule has 0 amide bonds. The Balaban J connectivity index is 0.00000169. The summed E-state index contributed by atoms with van der Waals surface area (Å²) in [7, 11) is 0. The van der Waals surface area contributed by atoms with Gasteiger partial charge < -0.3 is 15.3 Å². The fraction of sp³-hybridized carbons (Fsp3) is 0.429. The number of halogens is 4. The minimum atomic E-state index is -3.40. The maximum Gasteiger partial charge on any atom is 0.292 e. The Morgan fingerprint density at radius 2 is 2.14 bits per heavy atom. The van der Waals surface area contributed by atoms with Crippen molar-refractivity contribution in [3.05, 3.63) is 23.1 Å². The van der Waals surface area contributed by atoms with E-state index in [9.17, 15) is 8.78 Å². The molecule has 3 nitrogen and oxygen atoms in total. The highest BCUT2D eigenvalue weighted by Gasteiger charge is 2.39. The minimum absolute atomic E-state index is 0. The van der Waals surface area contributed by atoms with Crippen molar-refractivity contribution in [3.63, 3.8) is 0 Å². The number of furan rings is 1. The Kier molecular flexibility index (Phi) is 4.80. The standard InChI is InChI=1S/C7H8ClF2NO2.ClH/c8-5-2-1-4(13-5)6(11)7(9,10)3-12;/h1-2,6,12H,3,11H2;1H/t6-;/m0./s1.